The van der Waals surface area contributed by atoms with Crippen molar-refractivity contribution in [2.24, 2.45) is 0 Å². The van der Waals surface area contributed by atoms with E-state index in [9.17, 15) is 4.79 Å². The number of carbonyl (C=O) groups excluding carboxylic acids is 1. The van der Waals surface area contributed by atoms with Gasteiger partial charge in [-0.3, -0.25) is 0 Å². The van der Waals surface area contributed by atoms with Crippen molar-refractivity contribution >= 4 is 23.3 Å². The number of anilines is 1. The lowest BCUT2D eigenvalue weighted by atomic mass is 10.3. The van der Waals surface area contributed by atoms with E-state index in [1.165, 1.54) is 0 Å². The van der Waals surface area contributed by atoms with Gasteiger partial charge in [0.2, 0.25) is 0 Å². The summed E-state index contributed by atoms with van der Waals surface area (Å²) >= 11 is 5.82. The Morgan fingerprint density at radius 1 is 1.62 bits per heavy atom. The van der Waals surface area contributed by atoms with E-state index in [4.69, 9.17) is 11.6 Å². The molecule has 1 aromatic carbocycles. The van der Waals surface area contributed by atoms with Crippen molar-refractivity contribution < 1.29 is 4.79 Å². The highest BCUT2D eigenvalue weighted by Gasteiger charge is 2.09. The molecule has 0 aliphatic rings. The third-order valence-corrected chi connectivity index (χ3v) is 2.33. The Morgan fingerprint density at radius 3 is 2.94 bits per heavy atom. The van der Waals surface area contributed by atoms with Gasteiger partial charge in [0.1, 0.15) is 0 Å². The Morgan fingerprint density at radius 2 is 2.38 bits per heavy atom. The van der Waals surface area contributed by atoms with E-state index in [2.05, 4.69) is 11.9 Å². The zero-order valence-electron chi connectivity index (χ0n) is 9.24. The number of carbonyl (C=O) groups is 1. The molecule has 0 fully saturated rings. The second kappa shape index (κ2) is 6.18. The summed E-state index contributed by atoms with van der Waals surface area (Å²) in [7, 11) is 0. The Bertz CT molecular complexity index is 379. The van der Waals surface area contributed by atoms with Crippen LogP contribution in [0.4, 0.5) is 10.5 Å². The fraction of sp³-hybridized carbons (Fsp3) is 0.250. The van der Waals surface area contributed by atoms with Gasteiger partial charge in [0.25, 0.3) is 0 Å². The average molecular weight is 239 g/mol. The molecule has 3 nitrogen and oxygen atoms in total. The molecule has 1 aromatic rings. The van der Waals surface area contributed by atoms with Gasteiger partial charge in [-0.25, -0.2) is 4.79 Å². The predicted octanol–water partition coefficient (Wildman–Crippen LogP) is 3.38. The maximum absolute atomic E-state index is 11.8. The molecule has 86 valence electrons. The summed E-state index contributed by atoms with van der Waals surface area (Å²) in [5, 5.41) is 3.37. The Kier molecular flexibility index (Phi) is 4.86. The van der Waals surface area contributed by atoms with Crippen molar-refractivity contribution in [3.8, 4) is 0 Å². The quantitative estimate of drug-likeness (QED) is 0.802. The van der Waals surface area contributed by atoms with Gasteiger partial charge in [0.15, 0.2) is 0 Å². The second-order valence-electron chi connectivity index (χ2n) is 3.27. The molecule has 16 heavy (non-hydrogen) atoms. The fourth-order valence-electron chi connectivity index (χ4n) is 1.28. The molecular formula is C12H15ClN2O. The second-order valence-corrected chi connectivity index (χ2v) is 3.70. The molecule has 0 aliphatic carbocycles. The van der Waals surface area contributed by atoms with E-state index in [-0.39, 0.29) is 6.03 Å². The molecule has 0 aromatic heterocycles. The number of hydrogen-bond donors (Lipinski definition) is 1. The smallest absolute Gasteiger partial charge is 0.321 e. The molecule has 2 amide bonds. The minimum atomic E-state index is -0.148. The number of hydrogen-bond acceptors (Lipinski definition) is 1. The molecule has 0 spiro atoms. The zero-order valence-corrected chi connectivity index (χ0v) is 10.00. The van der Waals surface area contributed by atoms with E-state index in [0.29, 0.717) is 23.8 Å². The van der Waals surface area contributed by atoms with Gasteiger partial charge in [-0.15, -0.1) is 6.58 Å². The molecule has 4 heteroatoms. The normalized spacial score (nSPS) is 9.62. The van der Waals surface area contributed by atoms with Gasteiger partial charge in [0, 0.05) is 23.8 Å². The van der Waals surface area contributed by atoms with E-state index < -0.39 is 0 Å². The van der Waals surface area contributed by atoms with E-state index in [1.807, 2.05) is 6.92 Å². The Balaban J connectivity index is 2.66. The van der Waals surface area contributed by atoms with Crippen LogP contribution in [0, 0.1) is 0 Å². The van der Waals surface area contributed by atoms with Crippen LogP contribution in [0.1, 0.15) is 6.92 Å². The van der Waals surface area contributed by atoms with Crippen molar-refractivity contribution in [3.63, 3.8) is 0 Å². The number of likely N-dealkylation sites (N-methyl/N-ethyl adjacent to an activating group) is 1. The first kappa shape index (κ1) is 12.6. The van der Waals surface area contributed by atoms with Gasteiger partial charge in [-0.05, 0) is 25.1 Å². The van der Waals surface area contributed by atoms with Crippen molar-refractivity contribution in [2.75, 3.05) is 18.4 Å². The minimum Gasteiger partial charge on any atom is -0.321 e. The molecule has 1 rings (SSSR count). The lowest BCUT2D eigenvalue weighted by Gasteiger charge is -2.19. The molecular weight excluding hydrogens is 224 g/mol. The monoisotopic (exact) mass is 238 g/mol. The van der Waals surface area contributed by atoms with E-state index in [1.54, 1.807) is 35.2 Å². The van der Waals surface area contributed by atoms with Crippen LogP contribution in [0.15, 0.2) is 36.9 Å². The predicted molar refractivity (Wildman–Crippen MR) is 67.9 cm³/mol. The van der Waals surface area contributed by atoms with Gasteiger partial charge < -0.3 is 10.2 Å². The molecule has 0 unspecified atom stereocenters. The van der Waals surface area contributed by atoms with Crippen LogP contribution < -0.4 is 5.32 Å². The number of halogens is 1. The highest BCUT2D eigenvalue weighted by molar-refractivity contribution is 6.30. The third kappa shape index (κ3) is 3.59. The van der Waals surface area contributed by atoms with Crippen LogP contribution in [0.25, 0.3) is 0 Å². The zero-order chi connectivity index (χ0) is 12.0. The maximum atomic E-state index is 11.8. The Hall–Kier alpha value is -1.48. The van der Waals surface area contributed by atoms with Gasteiger partial charge in [-0.1, -0.05) is 23.7 Å². The van der Waals surface area contributed by atoms with Crippen molar-refractivity contribution in [2.45, 2.75) is 6.92 Å². The number of nitrogens with one attached hydrogen (secondary N) is 1. The first-order valence-electron chi connectivity index (χ1n) is 5.09. The topological polar surface area (TPSA) is 32.3 Å². The lowest BCUT2D eigenvalue weighted by molar-refractivity contribution is 0.219. The van der Waals surface area contributed by atoms with Crippen LogP contribution >= 0.6 is 11.6 Å². The van der Waals surface area contributed by atoms with Gasteiger partial charge >= 0.3 is 6.03 Å². The summed E-state index contributed by atoms with van der Waals surface area (Å²) in [6.07, 6.45) is 1.70. The molecule has 0 heterocycles. The van der Waals surface area contributed by atoms with E-state index in [0.717, 1.165) is 0 Å². The summed E-state index contributed by atoms with van der Waals surface area (Å²) in [5.41, 5.74) is 0.694. The fourth-order valence-corrected chi connectivity index (χ4v) is 1.47. The first-order chi connectivity index (χ1) is 7.67. The highest BCUT2D eigenvalue weighted by Crippen LogP contribution is 2.15. The molecule has 0 saturated carbocycles. The molecule has 0 atom stereocenters. The van der Waals surface area contributed by atoms with Crippen LogP contribution in [-0.2, 0) is 0 Å². The van der Waals surface area contributed by atoms with E-state index >= 15 is 0 Å². The van der Waals surface area contributed by atoms with Crippen LogP contribution in [0.5, 0.6) is 0 Å². The highest BCUT2D eigenvalue weighted by atomic mass is 35.5. The number of urea groups is 1. The molecule has 0 radical (unpaired) electrons. The minimum absolute atomic E-state index is 0.148. The van der Waals surface area contributed by atoms with Crippen LogP contribution in [-0.4, -0.2) is 24.0 Å². The van der Waals surface area contributed by atoms with Crippen LogP contribution in [0.2, 0.25) is 5.02 Å². The summed E-state index contributed by atoms with van der Waals surface area (Å²) in [5.74, 6) is 0. The number of nitrogens with zero attached hydrogens (tertiary/aromatic N) is 1. The third-order valence-electron chi connectivity index (χ3n) is 2.09. The number of rotatable bonds is 4. The summed E-state index contributed by atoms with van der Waals surface area (Å²) in [6.45, 7) is 6.69. The van der Waals surface area contributed by atoms with Crippen molar-refractivity contribution in [3.05, 3.63) is 41.9 Å². The summed E-state index contributed by atoms with van der Waals surface area (Å²) in [6, 6.07) is 6.91. The first-order valence-corrected chi connectivity index (χ1v) is 5.47. The number of amides is 2. The molecule has 0 bridgehead atoms. The molecule has 1 N–H and O–H groups in total. The van der Waals surface area contributed by atoms with Crippen molar-refractivity contribution in [1.82, 2.24) is 4.90 Å². The Labute approximate surface area is 101 Å². The SMILES string of the molecule is C=CCN(CC)C(=O)Nc1cccc(Cl)c1. The average Bonchev–Trinajstić information content (AvgIpc) is 2.25. The number of benzene rings is 1. The van der Waals surface area contributed by atoms with Crippen molar-refractivity contribution in [1.29, 1.82) is 0 Å². The summed E-state index contributed by atoms with van der Waals surface area (Å²) in [4.78, 5) is 13.4. The lowest BCUT2D eigenvalue weighted by Crippen LogP contribution is -2.34. The largest absolute Gasteiger partial charge is 0.322 e. The maximum Gasteiger partial charge on any atom is 0.322 e. The molecule has 0 aliphatic heterocycles. The van der Waals surface area contributed by atoms with Gasteiger partial charge in [0.05, 0.1) is 0 Å². The standard InChI is InChI=1S/C12H15ClN2O/c1-3-8-15(4-2)12(16)14-11-7-5-6-10(13)9-11/h3,5-7,9H,1,4,8H2,2H3,(H,14,16). The van der Waals surface area contributed by atoms with Gasteiger partial charge in [-0.2, -0.15) is 0 Å². The summed E-state index contributed by atoms with van der Waals surface area (Å²) < 4.78 is 0. The molecule has 0 saturated heterocycles. The van der Waals surface area contributed by atoms with Crippen LogP contribution in [0.3, 0.4) is 0 Å².